The van der Waals surface area contributed by atoms with E-state index < -0.39 is 29.1 Å². The Hall–Kier alpha value is -3.03. The van der Waals surface area contributed by atoms with E-state index in [0.717, 1.165) is 24.5 Å². The lowest BCUT2D eigenvalue weighted by Crippen LogP contribution is -2.22. The van der Waals surface area contributed by atoms with Gasteiger partial charge in [-0.3, -0.25) is 9.78 Å². The van der Waals surface area contributed by atoms with E-state index in [0.29, 0.717) is 0 Å². The summed E-state index contributed by atoms with van der Waals surface area (Å²) in [7, 11) is 0. The molecule has 1 amide bonds. The minimum absolute atomic E-state index is 0.0383. The van der Waals surface area contributed by atoms with Gasteiger partial charge in [-0.05, 0) is 18.2 Å². The Kier molecular flexibility index (Phi) is 3.44. The molecule has 0 aliphatic heterocycles. The molecule has 0 bridgehead atoms. The molecule has 2 aromatic heterocycles. The van der Waals surface area contributed by atoms with Crippen LogP contribution in [-0.2, 0) is 6.11 Å². The smallest absolute Gasteiger partial charge is 0.426 e. The number of nitrogens with one attached hydrogen (secondary N) is 1. The standard InChI is InChI=1S/C15H10F3N3O2/c16-10-3-1-2-4-13(10)23-15(17,18)9-7-21-11-5-12(14(19)22)20-6-8(9)11/h1-7,21H,(H2,19,22). The largest absolute Gasteiger partial charge is 0.428 e. The van der Waals surface area contributed by atoms with Crippen LogP contribution in [0, 0.1) is 5.82 Å². The fourth-order valence-electron chi connectivity index (χ4n) is 2.11. The first kappa shape index (κ1) is 14.9. The van der Waals surface area contributed by atoms with Crippen molar-refractivity contribution in [1.82, 2.24) is 9.97 Å². The fraction of sp³-hybridized carbons (Fsp3) is 0.0667. The molecule has 3 aromatic rings. The molecule has 0 saturated heterocycles. The second-order valence-electron chi connectivity index (χ2n) is 4.73. The molecule has 0 radical (unpaired) electrons. The maximum Gasteiger partial charge on any atom is 0.428 e. The number of hydrogen-bond acceptors (Lipinski definition) is 3. The van der Waals surface area contributed by atoms with Gasteiger partial charge in [0.05, 0.1) is 5.56 Å². The molecule has 8 heteroatoms. The number of primary amides is 1. The van der Waals surface area contributed by atoms with Crippen LogP contribution in [0.4, 0.5) is 13.2 Å². The number of pyridine rings is 1. The molecule has 5 nitrogen and oxygen atoms in total. The summed E-state index contributed by atoms with van der Waals surface area (Å²) in [5.41, 5.74) is 4.73. The Morgan fingerprint density at radius 1 is 1.30 bits per heavy atom. The summed E-state index contributed by atoms with van der Waals surface area (Å²) >= 11 is 0. The Balaban J connectivity index is 2.01. The summed E-state index contributed by atoms with van der Waals surface area (Å²) in [5, 5.41) is 0.0383. The van der Waals surface area contributed by atoms with Crippen molar-refractivity contribution >= 4 is 16.8 Å². The van der Waals surface area contributed by atoms with Gasteiger partial charge < -0.3 is 15.5 Å². The number of aromatic nitrogens is 2. The van der Waals surface area contributed by atoms with Crippen molar-refractivity contribution in [2.75, 3.05) is 0 Å². The van der Waals surface area contributed by atoms with E-state index >= 15 is 0 Å². The van der Waals surface area contributed by atoms with E-state index in [1.165, 1.54) is 18.2 Å². The highest BCUT2D eigenvalue weighted by Crippen LogP contribution is 2.36. The topological polar surface area (TPSA) is 81.0 Å². The third-order valence-corrected chi connectivity index (χ3v) is 3.21. The number of para-hydroxylation sites is 1. The second-order valence-corrected chi connectivity index (χ2v) is 4.73. The molecule has 2 heterocycles. The van der Waals surface area contributed by atoms with Crippen LogP contribution in [0.2, 0.25) is 0 Å². The zero-order chi connectivity index (χ0) is 16.6. The number of H-pyrrole nitrogens is 1. The Bertz CT molecular complexity index is 893. The molecule has 118 valence electrons. The van der Waals surface area contributed by atoms with Crippen molar-refractivity contribution in [3.63, 3.8) is 0 Å². The number of alkyl halides is 2. The van der Waals surface area contributed by atoms with Gasteiger partial charge in [-0.15, -0.1) is 0 Å². The normalized spacial score (nSPS) is 11.6. The van der Waals surface area contributed by atoms with Crippen molar-refractivity contribution in [2.24, 2.45) is 5.73 Å². The number of nitrogens with zero attached hydrogens (tertiary/aromatic N) is 1. The molecule has 0 spiro atoms. The Morgan fingerprint density at radius 3 is 2.74 bits per heavy atom. The molecule has 23 heavy (non-hydrogen) atoms. The number of ether oxygens (including phenoxy) is 1. The van der Waals surface area contributed by atoms with Crippen LogP contribution in [0.1, 0.15) is 16.1 Å². The van der Waals surface area contributed by atoms with Crippen molar-refractivity contribution in [3.8, 4) is 5.75 Å². The van der Waals surface area contributed by atoms with Crippen LogP contribution in [0.5, 0.6) is 5.75 Å². The zero-order valence-corrected chi connectivity index (χ0v) is 11.5. The Labute approximate surface area is 127 Å². The van der Waals surface area contributed by atoms with Crippen LogP contribution in [0.25, 0.3) is 10.9 Å². The van der Waals surface area contributed by atoms with Gasteiger partial charge in [-0.2, -0.15) is 8.78 Å². The number of carbonyl (C=O) groups excluding carboxylic acids is 1. The molecule has 3 rings (SSSR count). The Morgan fingerprint density at radius 2 is 2.04 bits per heavy atom. The average Bonchev–Trinajstić information content (AvgIpc) is 2.93. The predicted octanol–water partition coefficient (Wildman–Crippen LogP) is 2.93. The second kappa shape index (κ2) is 5.31. The molecule has 0 saturated carbocycles. The van der Waals surface area contributed by atoms with E-state index in [2.05, 4.69) is 14.7 Å². The van der Waals surface area contributed by atoms with Crippen LogP contribution in [0.15, 0.2) is 42.7 Å². The van der Waals surface area contributed by atoms with Gasteiger partial charge in [-0.1, -0.05) is 12.1 Å². The summed E-state index contributed by atoms with van der Waals surface area (Å²) < 4.78 is 46.6. The number of carbonyl (C=O) groups is 1. The molecule has 0 fully saturated rings. The highest BCUT2D eigenvalue weighted by atomic mass is 19.3. The quantitative estimate of drug-likeness (QED) is 0.775. The van der Waals surface area contributed by atoms with Gasteiger partial charge in [0.2, 0.25) is 0 Å². The highest BCUT2D eigenvalue weighted by Gasteiger charge is 2.38. The third kappa shape index (κ3) is 2.70. The van der Waals surface area contributed by atoms with Crippen molar-refractivity contribution < 1.29 is 22.7 Å². The number of rotatable bonds is 4. The van der Waals surface area contributed by atoms with E-state index in [4.69, 9.17) is 5.73 Å². The van der Waals surface area contributed by atoms with Crippen molar-refractivity contribution in [2.45, 2.75) is 6.11 Å². The maximum absolute atomic E-state index is 14.3. The van der Waals surface area contributed by atoms with Crippen LogP contribution in [-0.4, -0.2) is 15.9 Å². The van der Waals surface area contributed by atoms with Gasteiger partial charge in [0.25, 0.3) is 5.91 Å². The van der Waals surface area contributed by atoms with E-state index in [1.807, 2.05) is 0 Å². The van der Waals surface area contributed by atoms with Gasteiger partial charge >= 0.3 is 6.11 Å². The van der Waals surface area contributed by atoms with Crippen molar-refractivity contribution in [1.29, 1.82) is 0 Å². The first-order valence-corrected chi connectivity index (χ1v) is 6.47. The third-order valence-electron chi connectivity index (χ3n) is 3.21. The molecule has 0 unspecified atom stereocenters. The first-order valence-electron chi connectivity index (χ1n) is 6.47. The SMILES string of the molecule is NC(=O)c1cc2[nH]cc(C(F)(F)Oc3ccccc3F)c2cn1. The molecule has 0 aliphatic carbocycles. The van der Waals surface area contributed by atoms with Gasteiger partial charge in [0.15, 0.2) is 11.6 Å². The lowest BCUT2D eigenvalue weighted by atomic mass is 10.2. The summed E-state index contributed by atoms with van der Waals surface area (Å²) in [4.78, 5) is 17.4. The molecule has 3 N–H and O–H groups in total. The van der Waals surface area contributed by atoms with E-state index in [9.17, 15) is 18.0 Å². The molecule has 0 aliphatic rings. The van der Waals surface area contributed by atoms with Gasteiger partial charge in [-0.25, -0.2) is 4.39 Å². The molecular formula is C15H10F3N3O2. The number of benzene rings is 1. The van der Waals surface area contributed by atoms with E-state index in [-0.39, 0.29) is 16.6 Å². The van der Waals surface area contributed by atoms with Crippen LogP contribution < -0.4 is 10.5 Å². The fourth-order valence-corrected chi connectivity index (χ4v) is 2.11. The van der Waals surface area contributed by atoms with Crippen LogP contribution >= 0.6 is 0 Å². The number of halogens is 3. The minimum Gasteiger partial charge on any atom is -0.426 e. The van der Waals surface area contributed by atoms with Gasteiger partial charge in [0.1, 0.15) is 5.69 Å². The molecule has 0 atom stereocenters. The summed E-state index contributed by atoms with van der Waals surface area (Å²) in [6.07, 6.45) is -1.70. The summed E-state index contributed by atoms with van der Waals surface area (Å²) in [6.45, 7) is 0. The summed E-state index contributed by atoms with van der Waals surface area (Å²) in [6, 6.07) is 6.11. The van der Waals surface area contributed by atoms with Gasteiger partial charge in [0, 0.05) is 23.3 Å². The van der Waals surface area contributed by atoms with Crippen molar-refractivity contribution in [3.05, 3.63) is 59.8 Å². The number of fused-ring (bicyclic) bond motifs is 1. The maximum atomic E-state index is 14.3. The monoisotopic (exact) mass is 321 g/mol. The van der Waals surface area contributed by atoms with E-state index in [1.54, 1.807) is 0 Å². The number of hydrogen-bond donors (Lipinski definition) is 2. The first-order chi connectivity index (χ1) is 10.9. The molecular weight excluding hydrogens is 311 g/mol. The zero-order valence-electron chi connectivity index (χ0n) is 11.5. The molecule has 1 aromatic carbocycles. The number of amides is 1. The number of aromatic amines is 1. The average molecular weight is 321 g/mol. The lowest BCUT2D eigenvalue weighted by molar-refractivity contribution is -0.185. The number of nitrogens with two attached hydrogens (primary N) is 1. The predicted molar refractivity (Wildman–Crippen MR) is 75.5 cm³/mol. The minimum atomic E-state index is -3.80. The highest BCUT2D eigenvalue weighted by molar-refractivity contribution is 5.95. The lowest BCUT2D eigenvalue weighted by Gasteiger charge is -2.17. The van der Waals surface area contributed by atoms with Crippen LogP contribution in [0.3, 0.4) is 0 Å². The summed E-state index contributed by atoms with van der Waals surface area (Å²) in [5.74, 6) is -2.26.